The topological polar surface area (TPSA) is 33.0 Å². The van der Waals surface area contributed by atoms with E-state index in [1.807, 2.05) is 0 Å². The van der Waals surface area contributed by atoms with Crippen LogP contribution in [-0.4, -0.2) is 6.10 Å². The van der Waals surface area contributed by atoms with Gasteiger partial charge >= 0.3 is 0 Å². The Morgan fingerprint density at radius 2 is 1.93 bits per heavy atom. The van der Waals surface area contributed by atoms with Gasteiger partial charge in [0.25, 0.3) is 0 Å². The van der Waals surface area contributed by atoms with E-state index >= 15 is 0 Å². The zero-order valence-corrected chi connectivity index (χ0v) is 7.84. The summed E-state index contributed by atoms with van der Waals surface area (Å²) in [6, 6.07) is 3.26. The summed E-state index contributed by atoms with van der Waals surface area (Å²) < 4.78 is 31.1. The maximum Gasteiger partial charge on any atom is 0.166 e. The summed E-state index contributed by atoms with van der Waals surface area (Å²) >= 11 is 0. The molecule has 0 N–H and O–H groups in total. The van der Waals surface area contributed by atoms with Crippen molar-refractivity contribution in [2.24, 2.45) is 0 Å². The van der Waals surface area contributed by atoms with Gasteiger partial charge in [-0.2, -0.15) is 5.26 Å². The first-order valence-electron chi connectivity index (χ1n) is 4.10. The summed E-state index contributed by atoms with van der Waals surface area (Å²) in [7, 11) is 0. The van der Waals surface area contributed by atoms with E-state index in [2.05, 4.69) is 0 Å². The molecule has 0 unspecified atom stereocenters. The van der Waals surface area contributed by atoms with Crippen molar-refractivity contribution in [3.8, 4) is 11.8 Å². The molecule has 0 fully saturated rings. The van der Waals surface area contributed by atoms with E-state index in [4.69, 9.17) is 10.00 Å². The molecule has 1 rings (SSSR count). The molecule has 0 bridgehead atoms. The highest BCUT2D eigenvalue weighted by molar-refractivity contribution is 5.37. The molecule has 1 aromatic carbocycles. The Bertz CT molecular complexity index is 382. The molecule has 0 saturated carbocycles. The van der Waals surface area contributed by atoms with Crippen molar-refractivity contribution < 1.29 is 13.5 Å². The van der Waals surface area contributed by atoms with Crippen molar-refractivity contribution in [2.45, 2.75) is 20.0 Å². The summed E-state index contributed by atoms with van der Waals surface area (Å²) in [6.07, 6.45) is -0.239. The van der Waals surface area contributed by atoms with Crippen molar-refractivity contribution in [3.05, 3.63) is 29.3 Å². The van der Waals surface area contributed by atoms with Crippen LogP contribution in [0.15, 0.2) is 12.1 Å². The van der Waals surface area contributed by atoms with Gasteiger partial charge in [-0.15, -0.1) is 0 Å². The lowest BCUT2D eigenvalue weighted by atomic mass is 10.2. The molecule has 0 aliphatic rings. The first-order valence-corrected chi connectivity index (χ1v) is 4.10. The van der Waals surface area contributed by atoms with Gasteiger partial charge in [0.15, 0.2) is 11.6 Å². The molecule has 0 atom stereocenters. The zero-order valence-electron chi connectivity index (χ0n) is 7.84. The molecular weight excluding hydrogens is 188 g/mol. The maximum absolute atomic E-state index is 13.1. The molecule has 0 heterocycles. The highest BCUT2D eigenvalue weighted by atomic mass is 19.1. The molecule has 0 aromatic heterocycles. The molecule has 0 aliphatic carbocycles. The van der Waals surface area contributed by atoms with Crippen LogP contribution >= 0.6 is 0 Å². The van der Waals surface area contributed by atoms with E-state index in [0.29, 0.717) is 0 Å². The minimum absolute atomic E-state index is 0.170. The fraction of sp³-hybridized carbons (Fsp3) is 0.300. The minimum Gasteiger partial charge on any atom is -0.488 e. The third-order valence-electron chi connectivity index (χ3n) is 1.50. The lowest BCUT2D eigenvalue weighted by Crippen LogP contribution is -2.07. The van der Waals surface area contributed by atoms with Gasteiger partial charge in [0.2, 0.25) is 0 Å². The second-order valence-corrected chi connectivity index (χ2v) is 3.04. The Morgan fingerprint density at radius 1 is 1.29 bits per heavy atom. The smallest absolute Gasteiger partial charge is 0.166 e. The van der Waals surface area contributed by atoms with Crippen LogP contribution in [0.2, 0.25) is 0 Å². The second-order valence-electron chi connectivity index (χ2n) is 3.04. The van der Waals surface area contributed by atoms with E-state index in [-0.39, 0.29) is 17.4 Å². The molecule has 0 radical (unpaired) electrons. The van der Waals surface area contributed by atoms with Crippen molar-refractivity contribution >= 4 is 0 Å². The average Bonchev–Trinajstić information content (AvgIpc) is 2.10. The maximum atomic E-state index is 13.1. The van der Waals surface area contributed by atoms with E-state index in [9.17, 15) is 8.78 Å². The molecule has 4 heteroatoms. The third kappa shape index (κ3) is 2.19. The zero-order chi connectivity index (χ0) is 10.7. The van der Waals surface area contributed by atoms with Gasteiger partial charge in [-0.05, 0) is 19.9 Å². The standard InChI is InChI=1S/C10H9F2NO/c1-6(2)14-10-4-8(11)7(5-13)3-9(10)12/h3-4,6H,1-2H3. The predicted molar refractivity (Wildman–Crippen MR) is 46.8 cm³/mol. The fourth-order valence-electron chi connectivity index (χ4n) is 0.959. The van der Waals surface area contributed by atoms with E-state index in [1.54, 1.807) is 19.9 Å². The number of halogens is 2. The Hall–Kier alpha value is -1.63. The Morgan fingerprint density at radius 3 is 2.43 bits per heavy atom. The van der Waals surface area contributed by atoms with Crippen molar-refractivity contribution in [1.29, 1.82) is 5.26 Å². The average molecular weight is 197 g/mol. The number of hydrogen-bond acceptors (Lipinski definition) is 2. The summed E-state index contributed by atoms with van der Waals surface area (Å²) in [4.78, 5) is 0. The number of nitriles is 1. The second kappa shape index (κ2) is 4.05. The normalized spacial score (nSPS) is 10.0. The van der Waals surface area contributed by atoms with Crippen LogP contribution in [0, 0.1) is 23.0 Å². The largest absolute Gasteiger partial charge is 0.488 e. The predicted octanol–water partition coefficient (Wildman–Crippen LogP) is 2.62. The first-order chi connectivity index (χ1) is 6.54. The SMILES string of the molecule is CC(C)Oc1cc(F)c(C#N)cc1F. The lowest BCUT2D eigenvalue weighted by Gasteiger charge is -2.10. The van der Waals surface area contributed by atoms with Crippen LogP contribution < -0.4 is 4.74 Å². The van der Waals surface area contributed by atoms with Crippen LogP contribution in [-0.2, 0) is 0 Å². The molecule has 0 aliphatic heterocycles. The van der Waals surface area contributed by atoms with Gasteiger partial charge in [0.05, 0.1) is 11.7 Å². The highest BCUT2D eigenvalue weighted by Crippen LogP contribution is 2.22. The van der Waals surface area contributed by atoms with Gasteiger partial charge in [-0.25, -0.2) is 8.78 Å². The van der Waals surface area contributed by atoms with Crippen LogP contribution in [0.4, 0.5) is 8.78 Å². The number of ether oxygens (including phenoxy) is 1. The number of hydrogen-bond donors (Lipinski definition) is 0. The summed E-state index contributed by atoms with van der Waals surface area (Å²) in [6.45, 7) is 3.41. The molecular formula is C10H9F2NO. The molecule has 0 saturated heterocycles. The summed E-state index contributed by atoms with van der Waals surface area (Å²) in [5.41, 5.74) is -0.321. The van der Waals surface area contributed by atoms with Gasteiger partial charge in [0, 0.05) is 6.07 Å². The minimum atomic E-state index is -0.774. The van der Waals surface area contributed by atoms with Gasteiger partial charge < -0.3 is 4.74 Å². The Balaban J connectivity index is 3.10. The van der Waals surface area contributed by atoms with Gasteiger partial charge in [0.1, 0.15) is 11.9 Å². The molecule has 74 valence electrons. The molecule has 1 aromatic rings. The molecule has 0 spiro atoms. The van der Waals surface area contributed by atoms with E-state index in [0.717, 1.165) is 12.1 Å². The molecule has 14 heavy (non-hydrogen) atoms. The van der Waals surface area contributed by atoms with E-state index < -0.39 is 11.6 Å². The van der Waals surface area contributed by atoms with Crippen molar-refractivity contribution in [3.63, 3.8) is 0 Å². The number of nitrogens with zero attached hydrogens (tertiary/aromatic N) is 1. The van der Waals surface area contributed by atoms with Crippen LogP contribution in [0.3, 0.4) is 0 Å². The van der Waals surface area contributed by atoms with Crippen molar-refractivity contribution in [2.75, 3.05) is 0 Å². The van der Waals surface area contributed by atoms with Crippen LogP contribution in [0.1, 0.15) is 19.4 Å². The van der Waals surface area contributed by atoms with Gasteiger partial charge in [-0.3, -0.25) is 0 Å². The quantitative estimate of drug-likeness (QED) is 0.730. The summed E-state index contributed by atoms with van der Waals surface area (Å²) in [5, 5.41) is 8.42. The fourth-order valence-corrected chi connectivity index (χ4v) is 0.959. The van der Waals surface area contributed by atoms with Crippen molar-refractivity contribution in [1.82, 2.24) is 0 Å². The highest BCUT2D eigenvalue weighted by Gasteiger charge is 2.11. The Kier molecular flexibility index (Phi) is 3.03. The number of benzene rings is 1. The first kappa shape index (κ1) is 10.5. The monoisotopic (exact) mass is 197 g/mol. The molecule has 0 amide bonds. The molecule has 2 nitrogen and oxygen atoms in total. The van der Waals surface area contributed by atoms with E-state index in [1.165, 1.54) is 0 Å². The lowest BCUT2D eigenvalue weighted by molar-refractivity contribution is 0.230. The Labute approximate surface area is 80.7 Å². The van der Waals surface area contributed by atoms with Crippen LogP contribution in [0.25, 0.3) is 0 Å². The number of rotatable bonds is 2. The van der Waals surface area contributed by atoms with Gasteiger partial charge in [-0.1, -0.05) is 0 Å². The van der Waals surface area contributed by atoms with Crippen LogP contribution in [0.5, 0.6) is 5.75 Å². The third-order valence-corrected chi connectivity index (χ3v) is 1.50. The summed E-state index contributed by atoms with van der Waals surface area (Å²) in [5.74, 6) is -1.67.